The minimum atomic E-state index is -0.00607. The van der Waals surface area contributed by atoms with E-state index >= 15 is 0 Å². The van der Waals surface area contributed by atoms with E-state index in [9.17, 15) is 4.79 Å². The van der Waals surface area contributed by atoms with E-state index in [1.54, 1.807) is 28.9 Å². The predicted octanol–water partition coefficient (Wildman–Crippen LogP) is 1.63. The van der Waals surface area contributed by atoms with E-state index in [1.807, 2.05) is 24.3 Å². The van der Waals surface area contributed by atoms with Crippen molar-refractivity contribution in [3.8, 4) is 5.82 Å². The molecule has 1 aromatic carbocycles. The Kier molecular flexibility index (Phi) is 5.66. The number of fused-ring (bicyclic) bond motifs is 1. The van der Waals surface area contributed by atoms with Crippen LogP contribution < -0.4 is 5.32 Å². The molecule has 0 radical (unpaired) electrons. The van der Waals surface area contributed by atoms with Gasteiger partial charge in [0.15, 0.2) is 5.82 Å². The largest absolute Gasteiger partial charge is 0.395 e. The molecule has 29 heavy (non-hydrogen) atoms. The maximum atomic E-state index is 12.4. The van der Waals surface area contributed by atoms with Gasteiger partial charge in [-0.1, -0.05) is 17.3 Å². The summed E-state index contributed by atoms with van der Waals surface area (Å²) in [4.78, 5) is 23.0. The second kappa shape index (κ2) is 8.52. The fourth-order valence-corrected chi connectivity index (χ4v) is 3.81. The molecule has 1 aliphatic carbocycles. The highest BCUT2D eigenvalue weighted by Gasteiger charge is 2.28. The molecule has 9 nitrogen and oxygen atoms in total. The fraction of sp³-hybridized carbons (Fsp3) is 0.450. The van der Waals surface area contributed by atoms with Gasteiger partial charge in [-0.05, 0) is 37.8 Å². The number of carbonyl (C=O) groups excluding carboxylic acids is 1. The van der Waals surface area contributed by atoms with Crippen molar-refractivity contribution in [2.45, 2.75) is 31.7 Å². The number of amides is 1. The van der Waals surface area contributed by atoms with Gasteiger partial charge in [0.25, 0.3) is 0 Å². The molecule has 0 saturated heterocycles. The van der Waals surface area contributed by atoms with E-state index in [0.29, 0.717) is 18.3 Å². The number of nitrogens with zero attached hydrogens (tertiary/aromatic N) is 6. The number of rotatable bonds is 6. The lowest BCUT2D eigenvalue weighted by Crippen LogP contribution is -2.38. The Labute approximate surface area is 168 Å². The molecule has 1 fully saturated rings. The van der Waals surface area contributed by atoms with Crippen LogP contribution in [-0.4, -0.2) is 67.1 Å². The van der Waals surface area contributed by atoms with Gasteiger partial charge in [-0.15, -0.1) is 5.10 Å². The molecule has 2 heterocycles. The van der Waals surface area contributed by atoms with Crippen molar-refractivity contribution < 1.29 is 9.90 Å². The summed E-state index contributed by atoms with van der Waals surface area (Å²) in [6, 6.07) is 9.77. The van der Waals surface area contributed by atoms with Gasteiger partial charge >= 0.3 is 0 Å². The first-order chi connectivity index (χ1) is 14.2. The van der Waals surface area contributed by atoms with E-state index in [-0.39, 0.29) is 24.5 Å². The standard InChI is InChI=1S/C20H25N7O2/c1-26(12-13-28)19(29)14-6-8-15(9-7-14)22-20-21-11-10-18(23-20)27-17-5-3-2-4-16(17)24-25-27/h2-5,10-11,14-15,28H,6-9,12-13H2,1H3,(H,21,22,23)/t14-,15-. The van der Waals surface area contributed by atoms with Crippen LogP contribution in [-0.2, 0) is 4.79 Å². The third-order valence-corrected chi connectivity index (χ3v) is 5.43. The van der Waals surface area contributed by atoms with Crippen molar-refractivity contribution >= 4 is 22.9 Å². The van der Waals surface area contributed by atoms with Crippen LogP contribution in [0.3, 0.4) is 0 Å². The summed E-state index contributed by atoms with van der Waals surface area (Å²) in [5.74, 6) is 1.35. The van der Waals surface area contributed by atoms with Gasteiger partial charge in [-0.3, -0.25) is 4.79 Å². The highest BCUT2D eigenvalue weighted by molar-refractivity contribution is 5.78. The zero-order chi connectivity index (χ0) is 20.2. The molecule has 1 aliphatic rings. The van der Waals surface area contributed by atoms with Gasteiger partial charge < -0.3 is 15.3 Å². The second-order valence-electron chi connectivity index (χ2n) is 7.40. The number of nitrogens with one attached hydrogen (secondary N) is 1. The first-order valence-corrected chi connectivity index (χ1v) is 9.92. The molecule has 9 heteroatoms. The molecule has 0 aliphatic heterocycles. The number of anilines is 1. The molecule has 2 N–H and O–H groups in total. The van der Waals surface area contributed by atoms with Crippen molar-refractivity contribution in [2.75, 3.05) is 25.5 Å². The second-order valence-corrected chi connectivity index (χ2v) is 7.40. The molecule has 4 rings (SSSR count). The highest BCUT2D eigenvalue weighted by atomic mass is 16.3. The smallest absolute Gasteiger partial charge is 0.225 e. The van der Waals surface area contributed by atoms with E-state index in [4.69, 9.17) is 5.11 Å². The van der Waals surface area contributed by atoms with Gasteiger partial charge in [-0.25, -0.2) is 4.98 Å². The number of hydrogen-bond acceptors (Lipinski definition) is 7. The van der Waals surface area contributed by atoms with Crippen molar-refractivity contribution in [1.29, 1.82) is 0 Å². The number of aliphatic hydroxyl groups excluding tert-OH is 1. The molecule has 0 spiro atoms. The van der Waals surface area contributed by atoms with Crippen LogP contribution in [0.5, 0.6) is 0 Å². The number of carbonyl (C=O) groups is 1. The molecular weight excluding hydrogens is 370 g/mol. The lowest BCUT2D eigenvalue weighted by atomic mass is 9.85. The van der Waals surface area contributed by atoms with E-state index in [0.717, 1.165) is 36.7 Å². The topological polar surface area (TPSA) is 109 Å². The Morgan fingerprint density at radius 2 is 2.03 bits per heavy atom. The van der Waals surface area contributed by atoms with Gasteiger partial charge in [0.1, 0.15) is 5.52 Å². The molecule has 0 unspecified atom stereocenters. The summed E-state index contributed by atoms with van der Waals surface area (Å²) in [6.45, 7) is 0.377. The Morgan fingerprint density at radius 1 is 1.24 bits per heavy atom. The van der Waals surface area contributed by atoms with Crippen molar-refractivity contribution in [3.05, 3.63) is 36.5 Å². The minimum Gasteiger partial charge on any atom is -0.395 e. The van der Waals surface area contributed by atoms with Crippen LogP contribution in [0.1, 0.15) is 25.7 Å². The molecule has 0 atom stereocenters. The Bertz CT molecular complexity index is 982. The third kappa shape index (κ3) is 4.19. The van der Waals surface area contributed by atoms with Crippen LogP contribution in [0.15, 0.2) is 36.5 Å². The number of hydrogen-bond donors (Lipinski definition) is 2. The predicted molar refractivity (Wildman–Crippen MR) is 109 cm³/mol. The first kappa shape index (κ1) is 19.3. The maximum Gasteiger partial charge on any atom is 0.225 e. The summed E-state index contributed by atoms with van der Waals surface area (Å²) < 4.78 is 1.70. The van der Waals surface area contributed by atoms with Crippen LogP contribution >= 0.6 is 0 Å². The van der Waals surface area contributed by atoms with Crippen LogP contribution in [0.2, 0.25) is 0 Å². The van der Waals surface area contributed by atoms with Crippen molar-refractivity contribution in [1.82, 2.24) is 29.9 Å². The number of likely N-dealkylation sites (N-methyl/N-ethyl adjacent to an activating group) is 1. The van der Waals surface area contributed by atoms with Gasteiger partial charge in [0, 0.05) is 37.8 Å². The minimum absolute atomic E-state index is 0.00607. The number of aliphatic hydroxyl groups is 1. The molecule has 3 aromatic rings. The molecule has 1 saturated carbocycles. The molecule has 2 aromatic heterocycles. The first-order valence-electron chi connectivity index (χ1n) is 9.92. The van der Waals surface area contributed by atoms with Gasteiger partial charge in [0.05, 0.1) is 12.1 Å². The van der Waals surface area contributed by atoms with Gasteiger partial charge in [-0.2, -0.15) is 9.67 Å². The van der Waals surface area contributed by atoms with E-state index < -0.39 is 0 Å². The molecular formula is C20H25N7O2. The molecule has 152 valence electrons. The van der Waals surface area contributed by atoms with Gasteiger partial charge in [0.2, 0.25) is 11.9 Å². The maximum absolute atomic E-state index is 12.4. The zero-order valence-electron chi connectivity index (χ0n) is 16.4. The highest BCUT2D eigenvalue weighted by Crippen LogP contribution is 2.27. The molecule has 1 amide bonds. The average Bonchev–Trinajstić information content (AvgIpc) is 3.18. The average molecular weight is 395 g/mol. The lowest BCUT2D eigenvalue weighted by molar-refractivity contribution is -0.135. The van der Waals surface area contributed by atoms with E-state index in [2.05, 4.69) is 25.6 Å². The van der Waals surface area contributed by atoms with Crippen molar-refractivity contribution in [3.63, 3.8) is 0 Å². The Morgan fingerprint density at radius 3 is 2.83 bits per heavy atom. The number of benzene rings is 1. The fourth-order valence-electron chi connectivity index (χ4n) is 3.81. The van der Waals surface area contributed by atoms with Crippen LogP contribution in [0.25, 0.3) is 16.9 Å². The Balaban J connectivity index is 1.40. The summed E-state index contributed by atoms with van der Waals surface area (Å²) >= 11 is 0. The van der Waals surface area contributed by atoms with Crippen LogP contribution in [0, 0.1) is 5.92 Å². The summed E-state index contributed by atoms with van der Waals surface area (Å²) in [6.07, 6.45) is 5.10. The summed E-state index contributed by atoms with van der Waals surface area (Å²) in [5.41, 5.74) is 1.71. The summed E-state index contributed by atoms with van der Waals surface area (Å²) in [7, 11) is 1.75. The molecule has 0 bridgehead atoms. The SMILES string of the molecule is CN(CCO)C(=O)[C@H]1CC[C@H](Nc2nccc(-n3nnc4ccccc43)n2)CC1. The lowest BCUT2D eigenvalue weighted by Gasteiger charge is -2.30. The van der Waals surface area contributed by atoms with Crippen molar-refractivity contribution in [2.24, 2.45) is 5.92 Å². The van der Waals surface area contributed by atoms with Crippen LogP contribution in [0.4, 0.5) is 5.95 Å². The summed E-state index contributed by atoms with van der Waals surface area (Å²) in [5, 5.41) is 20.8. The van der Waals surface area contributed by atoms with E-state index in [1.165, 1.54) is 0 Å². The zero-order valence-corrected chi connectivity index (χ0v) is 16.4. The number of aromatic nitrogens is 5. The number of para-hydroxylation sites is 1. The quantitative estimate of drug-likeness (QED) is 0.653. The Hall–Kier alpha value is -3.07. The normalized spacial score (nSPS) is 19.2. The monoisotopic (exact) mass is 395 g/mol. The third-order valence-electron chi connectivity index (χ3n) is 5.43.